The molecular formula is C20H16FN3O5. The predicted molar refractivity (Wildman–Crippen MR) is 98.5 cm³/mol. The Labute approximate surface area is 164 Å². The first-order valence-electron chi connectivity index (χ1n) is 8.94. The number of anilines is 1. The van der Waals surface area contributed by atoms with Gasteiger partial charge in [-0.3, -0.25) is 25.0 Å². The molecule has 29 heavy (non-hydrogen) atoms. The van der Waals surface area contributed by atoms with Crippen LogP contribution in [0.4, 0.5) is 14.9 Å². The summed E-state index contributed by atoms with van der Waals surface area (Å²) in [4.78, 5) is 49.3. The van der Waals surface area contributed by atoms with Crippen LogP contribution in [0.5, 0.6) is 5.75 Å². The quantitative estimate of drug-likeness (QED) is 0.773. The number of halogens is 1. The number of hydrogen-bond acceptors (Lipinski definition) is 5. The molecule has 4 rings (SSSR count). The molecule has 1 fully saturated rings. The van der Waals surface area contributed by atoms with E-state index in [4.69, 9.17) is 4.74 Å². The monoisotopic (exact) mass is 397 g/mol. The van der Waals surface area contributed by atoms with Crippen molar-refractivity contribution < 1.29 is 28.3 Å². The van der Waals surface area contributed by atoms with Gasteiger partial charge < -0.3 is 9.64 Å². The topological polar surface area (TPSA) is 105 Å². The van der Waals surface area contributed by atoms with Crippen molar-refractivity contribution in [3.8, 4) is 5.75 Å². The molecule has 2 aliphatic rings. The summed E-state index contributed by atoms with van der Waals surface area (Å²) in [5.74, 6) is -1.94. The van der Waals surface area contributed by atoms with Crippen molar-refractivity contribution in [2.75, 3.05) is 5.32 Å². The van der Waals surface area contributed by atoms with E-state index in [-0.39, 0.29) is 36.2 Å². The van der Waals surface area contributed by atoms with Crippen molar-refractivity contribution in [1.29, 1.82) is 0 Å². The lowest BCUT2D eigenvalue weighted by Gasteiger charge is -2.29. The molecule has 0 aliphatic carbocycles. The normalized spacial score (nSPS) is 18.3. The van der Waals surface area contributed by atoms with E-state index in [0.29, 0.717) is 5.75 Å². The average Bonchev–Trinajstić information content (AvgIpc) is 3.02. The molecule has 4 amide bonds. The molecule has 1 unspecified atom stereocenters. The molecule has 0 bridgehead atoms. The van der Waals surface area contributed by atoms with Crippen molar-refractivity contribution in [3.63, 3.8) is 0 Å². The minimum atomic E-state index is -0.874. The van der Waals surface area contributed by atoms with Crippen LogP contribution in [0.2, 0.25) is 0 Å². The molecule has 0 saturated carbocycles. The number of piperidine rings is 1. The fraction of sp³-hybridized carbons (Fsp3) is 0.200. The maximum atomic E-state index is 14.9. The Hall–Kier alpha value is -3.75. The summed E-state index contributed by atoms with van der Waals surface area (Å²) in [5, 5.41) is 4.51. The molecule has 0 radical (unpaired) electrons. The van der Waals surface area contributed by atoms with Crippen LogP contribution in [0, 0.1) is 5.82 Å². The highest BCUT2D eigenvalue weighted by Crippen LogP contribution is 2.32. The number of fused-ring (bicyclic) bond motifs is 1. The average molecular weight is 397 g/mol. The van der Waals surface area contributed by atoms with Crippen LogP contribution < -0.4 is 15.4 Å². The van der Waals surface area contributed by atoms with Crippen LogP contribution in [-0.2, 0) is 16.1 Å². The Balaban J connectivity index is 1.51. The SMILES string of the molecule is O=C1CCC(N2Cc3c(ccc(NC(=O)Oc4ccccc4)c3F)C2=O)C(=O)N1. The molecule has 8 nitrogen and oxygen atoms in total. The van der Waals surface area contributed by atoms with Gasteiger partial charge in [0.1, 0.15) is 11.8 Å². The Morgan fingerprint density at radius 1 is 1.14 bits per heavy atom. The van der Waals surface area contributed by atoms with E-state index in [1.807, 2.05) is 0 Å². The maximum Gasteiger partial charge on any atom is 0.417 e. The van der Waals surface area contributed by atoms with E-state index >= 15 is 0 Å². The third-order valence-electron chi connectivity index (χ3n) is 4.84. The number of carbonyl (C=O) groups is 4. The van der Waals surface area contributed by atoms with Crippen LogP contribution in [0.25, 0.3) is 0 Å². The minimum Gasteiger partial charge on any atom is -0.410 e. The molecule has 2 aromatic carbocycles. The van der Waals surface area contributed by atoms with E-state index in [9.17, 15) is 23.6 Å². The number of amides is 4. The third kappa shape index (κ3) is 3.54. The second-order valence-corrected chi connectivity index (χ2v) is 6.68. The number of ether oxygens (including phenoxy) is 1. The lowest BCUT2D eigenvalue weighted by atomic mass is 10.0. The summed E-state index contributed by atoms with van der Waals surface area (Å²) in [6.45, 7) is -0.129. The minimum absolute atomic E-state index is 0.0808. The molecule has 2 aromatic rings. The highest BCUT2D eigenvalue weighted by atomic mass is 19.1. The summed E-state index contributed by atoms with van der Waals surface area (Å²) in [7, 11) is 0. The molecule has 0 spiro atoms. The van der Waals surface area contributed by atoms with Gasteiger partial charge in [0.2, 0.25) is 11.8 Å². The molecule has 0 aromatic heterocycles. The first kappa shape index (κ1) is 18.6. The second-order valence-electron chi connectivity index (χ2n) is 6.68. The molecular weight excluding hydrogens is 381 g/mol. The highest BCUT2D eigenvalue weighted by Gasteiger charge is 2.40. The highest BCUT2D eigenvalue weighted by molar-refractivity contribution is 6.05. The second kappa shape index (κ2) is 7.34. The van der Waals surface area contributed by atoms with Gasteiger partial charge >= 0.3 is 6.09 Å². The van der Waals surface area contributed by atoms with Gasteiger partial charge in [-0.25, -0.2) is 9.18 Å². The van der Waals surface area contributed by atoms with E-state index in [0.717, 1.165) is 0 Å². The number of carbonyl (C=O) groups excluding carboxylic acids is 4. The van der Waals surface area contributed by atoms with Gasteiger partial charge in [-0.05, 0) is 30.7 Å². The van der Waals surface area contributed by atoms with Gasteiger partial charge in [0.05, 0.1) is 12.2 Å². The third-order valence-corrected chi connectivity index (χ3v) is 4.84. The molecule has 1 atom stereocenters. The van der Waals surface area contributed by atoms with Gasteiger partial charge in [0.25, 0.3) is 5.91 Å². The standard InChI is InChI=1S/C20H16FN3O5/c21-17-13-10-24(15-8-9-16(25)23-18(15)26)19(27)12(13)6-7-14(17)22-20(28)29-11-4-2-1-3-5-11/h1-7,15H,8-10H2,(H,22,28)(H,23,25,26). The lowest BCUT2D eigenvalue weighted by Crippen LogP contribution is -2.52. The first-order valence-corrected chi connectivity index (χ1v) is 8.94. The van der Waals surface area contributed by atoms with Crippen molar-refractivity contribution in [1.82, 2.24) is 10.2 Å². The summed E-state index contributed by atoms with van der Waals surface area (Å²) in [5.41, 5.74) is 0.0639. The number of hydrogen-bond donors (Lipinski definition) is 2. The zero-order chi connectivity index (χ0) is 20.5. The van der Waals surface area contributed by atoms with Crippen molar-refractivity contribution in [2.45, 2.75) is 25.4 Å². The zero-order valence-corrected chi connectivity index (χ0v) is 15.1. The molecule has 2 heterocycles. The Morgan fingerprint density at radius 3 is 2.62 bits per heavy atom. The summed E-state index contributed by atoms with van der Waals surface area (Å²) >= 11 is 0. The number of nitrogens with zero attached hydrogens (tertiary/aromatic N) is 1. The molecule has 2 aliphatic heterocycles. The fourth-order valence-corrected chi connectivity index (χ4v) is 3.43. The largest absolute Gasteiger partial charge is 0.417 e. The summed E-state index contributed by atoms with van der Waals surface area (Å²) < 4.78 is 20.0. The van der Waals surface area contributed by atoms with Crippen LogP contribution in [0.1, 0.15) is 28.8 Å². The number of imide groups is 1. The molecule has 148 valence electrons. The van der Waals surface area contributed by atoms with Crippen LogP contribution >= 0.6 is 0 Å². The summed E-state index contributed by atoms with van der Waals surface area (Å²) in [6, 6.07) is 10.1. The van der Waals surface area contributed by atoms with Crippen LogP contribution in [0.15, 0.2) is 42.5 Å². The zero-order valence-electron chi connectivity index (χ0n) is 15.1. The van der Waals surface area contributed by atoms with Crippen molar-refractivity contribution >= 4 is 29.5 Å². The van der Waals surface area contributed by atoms with Crippen molar-refractivity contribution in [2.24, 2.45) is 0 Å². The maximum absolute atomic E-state index is 14.9. The molecule has 2 N–H and O–H groups in total. The van der Waals surface area contributed by atoms with Gasteiger partial charge in [-0.15, -0.1) is 0 Å². The smallest absolute Gasteiger partial charge is 0.410 e. The Bertz CT molecular complexity index is 1020. The number of rotatable bonds is 3. The van der Waals surface area contributed by atoms with Crippen LogP contribution in [-0.4, -0.2) is 34.8 Å². The van der Waals surface area contributed by atoms with E-state index in [1.54, 1.807) is 30.3 Å². The van der Waals surface area contributed by atoms with E-state index < -0.39 is 35.7 Å². The number of nitrogens with one attached hydrogen (secondary N) is 2. The Morgan fingerprint density at radius 2 is 1.90 bits per heavy atom. The summed E-state index contributed by atoms with van der Waals surface area (Å²) in [6.07, 6.45) is -0.584. The fourth-order valence-electron chi connectivity index (χ4n) is 3.43. The van der Waals surface area contributed by atoms with Gasteiger partial charge in [-0.2, -0.15) is 0 Å². The molecule has 1 saturated heterocycles. The number of para-hydroxylation sites is 1. The van der Waals surface area contributed by atoms with Gasteiger partial charge in [0, 0.05) is 17.5 Å². The number of benzene rings is 2. The van der Waals surface area contributed by atoms with Gasteiger partial charge in [0.15, 0.2) is 5.82 Å². The van der Waals surface area contributed by atoms with Gasteiger partial charge in [-0.1, -0.05) is 18.2 Å². The first-order chi connectivity index (χ1) is 13.9. The Kier molecular flexibility index (Phi) is 4.71. The van der Waals surface area contributed by atoms with Crippen LogP contribution in [0.3, 0.4) is 0 Å². The van der Waals surface area contributed by atoms with E-state index in [1.165, 1.54) is 17.0 Å². The lowest BCUT2D eigenvalue weighted by molar-refractivity contribution is -0.136. The van der Waals surface area contributed by atoms with E-state index in [2.05, 4.69) is 10.6 Å². The van der Waals surface area contributed by atoms with Crippen molar-refractivity contribution in [3.05, 3.63) is 59.4 Å². The molecule has 9 heteroatoms. The predicted octanol–water partition coefficient (Wildman–Crippen LogP) is 2.20.